The van der Waals surface area contributed by atoms with E-state index in [2.05, 4.69) is 12.2 Å². The summed E-state index contributed by atoms with van der Waals surface area (Å²) in [4.78, 5) is 37.1. The number of methoxy groups -OCH3 is 1. The first kappa shape index (κ1) is 29.9. The Morgan fingerprint density at radius 2 is 1.41 bits per heavy atom. The van der Waals surface area contributed by atoms with Crippen molar-refractivity contribution in [2.45, 2.75) is 117 Å². The van der Waals surface area contributed by atoms with Crippen LogP contribution < -0.4 is 5.32 Å². The molecule has 6 heteroatoms. The molecule has 0 heterocycles. The topological polar surface area (TPSA) is 81.7 Å². The molecule has 0 aromatic heterocycles. The third-order valence-corrected chi connectivity index (χ3v) is 6.16. The van der Waals surface area contributed by atoms with Crippen LogP contribution in [-0.4, -0.2) is 37.8 Å². The molecular weight excluding hydrogens is 430 g/mol. The predicted molar refractivity (Wildman–Crippen MR) is 136 cm³/mol. The van der Waals surface area contributed by atoms with Gasteiger partial charge in [-0.05, 0) is 25.7 Å². The van der Waals surface area contributed by atoms with E-state index in [1.54, 1.807) is 0 Å². The maximum absolute atomic E-state index is 12.9. The van der Waals surface area contributed by atoms with Crippen LogP contribution in [0, 0.1) is 0 Å². The van der Waals surface area contributed by atoms with Gasteiger partial charge in [0.15, 0.2) is 5.76 Å². The Balaban J connectivity index is 2.32. The van der Waals surface area contributed by atoms with Crippen molar-refractivity contribution < 1.29 is 23.9 Å². The summed E-state index contributed by atoms with van der Waals surface area (Å²) < 4.78 is 10.4. The number of allylic oxidation sites excluding steroid dienone is 2. The summed E-state index contributed by atoms with van der Waals surface area (Å²) in [6, 6.07) is 0. The number of nitrogens with one attached hydrogen (secondary N) is 1. The summed E-state index contributed by atoms with van der Waals surface area (Å²) in [6.45, 7) is 5.17. The molecule has 1 rings (SSSR count). The Bertz CT molecular complexity index is 680. The number of rotatable bonds is 21. The molecule has 1 N–H and O–H groups in total. The highest BCUT2D eigenvalue weighted by molar-refractivity contribution is 6.21. The zero-order valence-corrected chi connectivity index (χ0v) is 21.8. The average molecular weight is 478 g/mol. The lowest BCUT2D eigenvalue weighted by Crippen LogP contribution is -2.29. The molecule has 0 saturated heterocycles. The lowest BCUT2D eigenvalue weighted by Gasteiger charge is -2.19. The van der Waals surface area contributed by atoms with Gasteiger partial charge in [0.2, 0.25) is 11.6 Å². The Labute approximate surface area is 206 Å². The molecule has 0 amide bonds. The molecule has 0 unspecified atom stereocenters. The van der Waals surface area contributed by atoms with Gasteiger partial charge in [0.05, 0.1) is 19.4 Å². The molecule has 1 aliphatic rings. The van der Waals surface area contributed by atoms with E-state index in [9.17, 15) is 14.4 Å². The van der Waals surface area contributed by atoms with Gasteiger partial charge >= 0.3 is 5.97 Å². The van der Waals surface area contributed by atoms with E-state index in [1.807, 2.05) is 6.92 Å². The van der Waals surface area contributed by atoms with E-state index < -0.39 is 0 Å². The summed E-state index contributed by atoms with van der Waals surface area (Å²) in [5.74, 6) is -0.508. The molecule has 34 heavy (non-hydrogen) atoms. The predicted octanol–water partition coefficient (Wildman–Crippen LogP) is 6.34. The first-order valence-electron chi connectivity index (χ1n) is 13.5. The number of carbonyl (C=O) groups excluding carboxylic acids is 3. The van der Waals surface area contributed by atoms with Crippen LogP contribution in [0.1, 0.15) is 117 Å². The van der Waals surface area contributed by atoms with Gasteiger partial charge in [-0.25, -0.2) is 0 Å². The Hall–Kier alpha value is -2.11. The highest BCUT2D eigenvalue weighted by Crippen LogP contribution is 2.24. The third-order valence-electron chi connectivity index (χ3n) is 6.16. The highest BCUT2D eigenvalue weighted by Gasteiger charge is 2.28. The van der Waals surface area contributed by atoms with E-state index >= 15 is 0 Å². The van der Waals surface area contributed by atoms with Gasteiger partial charge < -0.3 is 14.8 Å². The van der Waals surface area contributed by atoms with E-state index in [0.717, 1.165) is 32.1 Å². The van der Waals surface area contributed by atoms with Gasteiger partial charge in [0.1, 0.15) is 0 Å². The summed E-state index contributed by atoms with van der Waals surface area (Å²) in [5.41, 5.74) is 0.760. The smallest absolute Gasteiger partial charge is 0.305 e. The number of ether oxygens (including phenoxy) is 2. The fourth-order valence-electron chi connectivity index (χ4n) is 4.08. The monoisotopic (exact) mass is 477 g/mol. The van der Waals surface area contributed by atoms with Crippen molar-refractivity contribution >= 4 is 17.5 Å². The molecule has 194 valence electrons. The fourth-order valence-corrected chi connectivity index (χ4v) is 4.08. The van der Waals surface area contributed by atoms with Gasteiger partial charge in [-0.2, -0.15) is 0 Å². The minimum atomic E-state index is -0.276. The fraction of sp³-hybridized carbons (Fsp3) is 0.750. The highest BCUT2D eigenvalue weighted by atomic mass is 16.5. The molecule has 0 fully saturated rings. The van der Waals surface area contributed by atoms with Crippen molar-refractivity contribution in [2.75, 3.05) is 20.3 Å². The van der Waals surface area contributed by atoms with Crippen molar-refractivity contribution in [3.05, 3.63) is 23.1 Å². The molecular formula is C28H47NO5. The summed E-state index contributed by atoms with van der Waals surface area (Å²) in [6.07, 6.45) is 18.1. The van der Waals surface area contributed by atoms with Gasteiger partial charge in [-0.1, -0.05) is 84.5 Å². The molecule has 6 nitrogen and oxygen atoms in total. The van der Waals surface area contributed by atoms with Crippen molar-refractivity contribution in [2.24, 2.45) is 0 Å². The van der Waals surface area contributed by atoms with Gasteiger partial charge in [0.25, 0.3) is 0 Å². The van der Waals surface area contributed by atoms with Crippen LogP contribution in [0.15, 0.2) is 23.1 Å². The molecule has 0 saturated carbocycles. The molecule has 0 atom stereocenters. The van der Waals surface area contributed by atoms with Gasteiger partial charge in [-0.15, -0.1) is 0 Å². The Kier molecular flexibility index (Phi) is 16.9. The lowest BCUT2D eigenvalue weighted by atomic mass is 9.93. The molecule has 0 radical (unpaired) electrons. The zero-order chi connectivity index (χ0) is 25.0. The average Bonchev–Trinajstić information content (AvgIpc) is 2.82. The lowest BCUT2D eigenvalue weighted by molar-refractivity contribution is -0.143. The van der Waals surface area contributed by atoms with E-state index in [1.165, 1.54) is 64.6 Å². The maximum Gasteiger partial charge on any atom is 0.305 e. The number of ketones is 2. The molecule has 0 aliphatic heterocycles. The van der Waals surface area contributed by atoms with Crippen molar-refractivity contribution in [3.8, 4) is 0 Å². The van der Waals surface area contributed by atoms with Crippen LogP contribution in [0.4, 0.5) is 0 Å². The number of hydrogen-bond donors (Lipinski definition) is 1. The summed E-state index contributed by atoms with van der Waals surface area (Å²) in [7, 11) is 1.44. The van der Waals surface area contributed by atoms with E-state index in [4.69, 9.17) is 9.47 Å². The van der Waals surface area contributed by atoms with Crippen LogP contribution >= 0.6 is 0 Å². The molecule has 0 bridgehead atoms. The van der Waals surface area contributed by atoms with Crippen LogP contribution in [-0.2, 0) is 23.9 Å². The number of carbonyl (C=O) groups is 3. The second-order valence-electron chi connectivity index (χ2n) is 9.15. The first-order chi connectivity index (χ1) is 16.5. The zero-order valence-electron chi connectivity index (χ0n) is 21.8. The van der Waals surface area contributed by atoms with E-state index in [-0.39, 0.29) is 29.7 Å². The third kappa shape index (κ3) is 12.4. The summed E-state index contributed by atoms with van der Waals surface area (Å²) in [5, 5.41) is 3.04. The molecule has 0 spiro atoms. The van der Waals surface area contributed by atoms with Crippen molar-refractivity contribution in [1.82, 2.24) is 5.32 Å². The molecule has 0 aromatic rings. The van der Waals surface area contributed by atoms with Crippen molar-refractivity contribution in [1.29, 1.82) is 0 Å². The number of hydrogen-bond acceptors (Lipinski definition) is 6. The van der Waals surface area contributed by atoms with Crippen LogP contribution in [0.3, 0.4) is 0 Å². The largest absolute Gasteiger partial charge is 0.492 e. The Morgan fingerprint density at radius 1 is 0.824 bits per heavy atom. The minimum absolute atomic E-state index is 0.169. The number of unbranched alkanes of at least 4 members (excludes halogenated alkanes) is 11. The van der Waals surface area contributed by atoms with Crippen LogP contribution in [0.2, 0.25) is 0 Å². The van der Waals surface area contributed by atoms with Gasteiger partial charge in [0, 0.05) is 24.6 Å². The standard InChI is InChI=1S/C28H47NO5/c1-4-6-8-9-10-11-12-13-14-15-16-18-23-27(32)24(22-25(30)28(23)33-3)29-20-17-19-26(31)34-21-7-5-2/h22,29H,4-21H2,1-3H3. The SMILES string of the molecule is CCCCCCCCCCCCCC1=C(OC)C(=O)C=C(NCCCC(=O)OCCCC)C1=O. The normalized spacial score (nSPS) is 13.8. The number of Topliss-reactive ketones (excluding diaryl/α,β-unsaturated/α-hetero) is 1. The quantitative estimate of drug-likeness (QED) is 0.118. The Morgan fingerprint density at radius 3 is 2.00 bits per heavy atom. The van der Waals surface area contributed by atoms with E-state index in [0.29, 0.717) is 37.3 Å². The first-order valence-corrected chi connectivity index (χ1v) is 13.5. The van der Waals surface area contributed by atoms with Crippen LogP contribution in [0.25, 0.3) is 0 Å². The van der Waals surface area contributed by atoms with Crippen LogP contribution in [0.5, 0.6) is 0 Å². The second-order valence-corrected chi connectivity index (χ2v) is 9.15. The minimum Gasteiger partial charge on any atom is -0.492 e. The molecule has 0 aromatic carbocycles. The molecule has 1 aliphatic carbocycles. The number of esters is 1. The maximum atomic E-state index is 12.9. The van der Waals surface area contributed by atoms with Crippen molar-refractivity contribution in [3.63, 3.8) is 0 Å². The summed E-state index contributed by atoms with van der Waals surface area (Å²) >= 11 is 0. The van der Waals surface area contributed by atoms with Gasteiger partial charge in [-0.3, -0.25) is 14.4 Å². The second kappa shape index (κ2) is 19.2.